The van der Waals surface area contributed by atoms with Crippen molar-refractivity contribution in [2.24, 2.45) is 5.92 Å². The van der Waals surface area contributed by atoms with Crippen LogP contribution in [-0.4, -0.2) is 36.5 Å². The maximum atomic E-state index is 10.9. The number of likely N-dealkylation sites (tertiary alicyclic amines) is 1. The fourth-order valence-electron chi connectivity index (χ4n) is 2.71. The minimum absolute atomic E-state index is 0.201. The van der Waals surface area contributed by atoms with Crippen LogP contribution < -0.4 is 5.32 Å². The van der Waals surface area contributed by atoms with Crippen LogP contribution in [0.25, 0.3) is 0 Å². The molecular formula is C15H23N3O2. The van der Waals surface area contributed by atoms with E-state index in [1.165, 1.54) is 12.8 Å². The van der Waals surface area contributed by atoms with Gasteiger partial charge in [-0.1, -0.05) is 0 Å². The summed E-state index contributed by atoms with van der Waals surface area (Å²) in [7, 11) is 2.16. The molecule has 20 heavy (non-hydrogen) atoms. The van der Waals surface area contributed by atoms with E-state index in [0.717, 1.165) is 30.9 Å². The Kier molecular flexibility index (Phi) is 4.60. The average molecular weight is 277 g/mol. The number of anilines is 1. The minimum atomic E-state index is -0.316. The maximum Gasteiger partial charge on any atom is 0.272 e. The summed E-state index contributed by atoms with van der Waals surface area (Å²) >= 11 is 0. The van der Waals surface area contributed by atoms with Crippen LogP contribution >= 0.6 is 0 Å². The highest BCUT2D eigenvalue weighted by Crippen LogP contribution is 2.26. The Morgan fingerprint density at radius 1 is 1.30 bits per heavy atom. The SMILES string of the molecule is Cc1cc([N+](=O)[O-])c(C)cc1NCC1CCN(C)CC1. The van der Waals surface area contributed by atoms with Gasteiger partial charge >= 0.3 is 0 Å². The molecule has 1 fully saturated rings. The molecule has 110 valence electrons. The number of nitrogens with one attached hydrogen (secondary N) is 1. The lowest BCUT2D eigenvalue weighted by atomic mass is 9.97. The van der Waals surface area contributed by atoms with Crippen molar-refractivity contribution < 1.29 is 4.92 Å². The molecule has 1 N–H and O–H groups in total. The third-order valence-corrected chi connectivity index (χ3v) is 4.16. The van der Waals surface area contributed by atoms with E-state index in [4.69, 9.17) is 0 Å². The highest BCUT2D eigenvalue weighted by molar-refractivity contribution is 5.59. The predicted molar refractivity (Wildman–Crippen MR) is 81.3 cm³/mol. The Balaban J connectivity index is 1.99. The van der Waals surface area contributed by atoms with Gasteiger partial charge in [-0.15, -0.1) is 0 Å². The van der Waals surface area contributed by atoms with Gasteiger partial charge in [-0.2, -0.15) is 0 Å². The summed E-state index contributed by atoms with van der Waals surface area (Å²) < 4.78 is 0. The van der Waals surface area contributed by atoms with Crippen LogP contribution in [0.4, 0.5) is 11.4 Å². The zero-order valence-electron chi connectivity index (χ0n) is 12.5. The van der Waals surface area contributed by atoms with Crippen LogP contribution in [0.15, 0.2) is 12.1 Å². The topological polar surface area (TPSA) is 58.4 Å². The molecule has 5 heteroatoms. The van der Waals surface area contributed by atoms with Crippen LogP contribution in [0.5, 0.6) is 0 Å². The predicted octanol–water partition coefficient (Wildman–Crippen LogP) is 2.97. The monoisotopic (exact) mass is 277 g/mol. The molecule has 5 nitrogen and oxygen atoms in total. The first-order valence-corrected chi connectivity index (χ1v) is 7.15. The van der Waals surface area contributed by atoms with Gasteiger partial charge in [0.2, 0.25) is 0 Å². The Labute approximate surface area is 120 Å². The number of nitro groups is 1. The summed E-state index contributed by atoms with van der Waals surface area (Å²) in [6, 6.07) is 3.55. The summed E-state index contributed by atoms with van der Waals surface area (Å²) in [5.41, 5.74) is 2.88. The van der Waals surface area contributed by atoms with Crippen LogP contribution in [-0.2, 0) is 0 Å². The van der Waals surface area contributed by atoms with Crippen molar-refractivity contribution in [2.45, 2.75) is 26.7 Å². The smallest absolute Gasteiger partial charge is 0.272 e. The van der Waals surface area contributed by atoms with Crippen molar-refractivity contribution in [1.82, 2.24) is 4.90 Å². The largest absolute Gasteiger partial charge is 0.385 e. The first-order valence-electron chi connectivity index (χ1n) is 7.15. The van der Waals surface area contributed by atoms with Crippen LogP contribution in [0.2, 0.25) is 0 Å². The number of nitrogens with zero attached hydrogens (tertiary/aromatic N) is 2. The molecule has 0 saturated carbocycles. The maximum absolute atomic E-state index is 10.9. The van der Waals surface area contributed by atoms with E-state index in [1.54, 1.807) is 13.0 Å². The first-order chi connectivity index (χ1) is 9.47. The van der Waals surface area contributed by atoms with E-state index in [1.807, 2.05) is 13.0 Å². The summed E-state index contributed by atoms with van der Waals surface area (Å²) in [5, 5.41) is 14.4. The molecule has 1 saturated heterocycles. The Bertz CT molecular complexity index is 494. The molecule has 1 aliphatic heterocycles. The number of hydrogen-bond acceptors (Lipinski definition) is 4. The number of benzene rings is 1. The summed E-state index contributed by atoms with van der Waals surface area (Å²) in [6.45, 7) is 6.98. The zero-order chi connectivity index (χ0) is 14.7. The summed E-state index contributed by atoms with van der Waals surface area (Å²) in [5.74, 6) is 0.695. The molecule has 0 atom stereocenters. The quantitative estimate of drug-likeness (QED) is 0.679. The lowest BCUT2D eigenvalue weighted by Gasteiger charge is -2.29. The van der Waals surface area contributed by atoms with E-state index in [-0.39, 0.29) is 10.6 Å². The molecule has 0 unspecified atom stereocenters. The second-order valence-electron chi connectivity index (χ2n) is 5.84. The van der Waals surface area contributed by atoms with Gasteiger partial charge in [-0.05, 0) is 64.4 Å². The fourth-order valence-corrected chi connectivity index (χ4v) is 2.71. The van der Waals surface area contributed by atoms with Crippen molar-refractivity contribution >= 4 is 11.4 Å². The van der Waals surface area contributed by atoms with Gasteiger partial charge in [0.15, 0.2) is 0 Å². The van der Waals surface area contributed by atoms with Crippen molar-refractivity contribution in [3.63, 3.8) is 0 Å². The molecule has 0 spiro atoms. The average Bonchev–Trinajstić information content (AvgIpc) is 2.41. The fraction of sp³-hybridized carbons (Fsp3) is 0.600. The molecule has 1 aromatic carbocycles. The van der Waals surface area contributed by atoms with Crippen molar-refractivity contribution in [1.29, 1.82) is 0 Å². The van der Waals surface area contributed by atoms with Gasteiger partial charge in [-0.3, -0.25) is 10.1 Å². The second-order valence-corrected chi connectivity index (χ2v) is 5.84. The van der Waals surface area contributed by atoms with Gasteiger partial charge in [0.05, 0.1) is 4.92 Å². The Morgan fingerprint density at radius 2 is 1.95 bits per heavy atom. The lowest BCUT2D eigenvalue weighted by molar-refractivity contribution is -0.385. The highest BCUT2D eigenvalue weighted by Gasteiger charge is 2.17. The number of hydrogen-bond donors (Lipinski definition) is 1. The molecule has 1 aliphatic rings. The van der Waals surface area contributed by atoms with Gasteiger partial charge in [0.1, 0.15) is 0 Å². The lowest BCUT2D eigenvalue weighted by Crippen LogP contribution is -2.33. The summed E-state index contributed by atoms with van der Waals surface area (Å²) in [4.78, 5) is 12.9. The van der Waals surface area contributed by atoms with Crippen molar-refractivity contribution in [3.05, 3.63) is 33.4 Å². The van der Waals surface area contributed by atoms with Gasteiger partial charge < -0.3 is 10.2 Å². The number of piperidine rings is 1. The first kappa shape index (κ1) is 14.8. The normalized spacial score (nSPS) is 17.1. The van der Waals surface area contributed by atoms with E-state index in [9.17, 15) is 10.1 Å². The number of aryl methyl sites for hydroxylation is 2. The van der Waals surface area contributed by atoms with E-state index < -0.39 is 0 Å². The van der Waals surface area contributed by atoms with Crippen LogP contribution in [0.3, 0.4) is 0 Å². The Hall–Kier alpha value is -1.62. The van der Waals surface area contributed by atoms with Crippen molar-refractivity contribution in [3.8, 4) is 0 Å². The summed E-state index contributed by atoms with van der Waals surface area (Å²) in [6.07, 6.45) is 2.43. The molecule has 0 amide bonds. The molecule has 0 aliphatic carbocycles. The van der Waals surface area contributed by atoms with Gasteiger partial charge in [0, 0.05) is 23.9 Å². The Morgan fingerprint density at radius 3 is 2.55 bits per heavy atom. The number of nitro benzene ring substituents is 1. The number of rotatable bonds is 4. The van der Waals surface area contributed by atoms with E-state index >= 15 is 0 Å². The van der Waals surface area contributed by atoms with Gasteiger partial charge in [-0.25, -0.2) is 0 Å². The zero-order valence-corrected chi connectivity index (χ0v) is 12.5. The molecule has 0 bridgehead atoms. The molecule has 1 heterocycles. The molecular weight excluding hydrogens is 254 g/mol. The van der Waals surface area contributed by atoms with E-state index in [2.05, 4.69) is 17.3 Å². The van der Waals surface area contributed by atoms with Crippen molar-refractivity contribution in [2.75, 3.05) is 32.0 Å². The molecule has 0 aromatic heterocycles. The van der Waals surface area contributed by atoms with E-state index in [0.29, 0.717) is 11.5 Å². The molecule has 2 rings (SSSR count). The molecule has 0 radical (unpaired) electrons. The minimum Gasteiger partial charge on any atom is -0.385 e. The second kappa shape index (κ2) is 6.22. The third-order valence-electron chi connectivity index (χ3n) is 4.16. The third kappa shape index (κ3) is 3.48. The van der Waals surface area contributed by atoms with Crippen LogP contribution in [0, 0.1) is 29.9 Å². The van der Waals surface area contributed by atoms with Gasteiger partial charge in [0.25, 0.3) is 5.69 Å². The highest BCUT2D eigenvalue weighted by atomic mass is 16.6. The standard InChI is InChI=1S/C15H23N3O2/c1-11-9-15(18(19)20)12(2)8-14(11)16-10-13-4-6-17(3)7-5-13/h8-9,13,16H,4-7,10H2,1-3H3. The van der Waals surface area contributed by atoms with Crippen LogP contribution in [0.1, 0.15) is 24.0 Å². The molecule has 1 aromatic rings.